The van der Waals surface area contributed by atoms with Crippen LogP contribution in [0.2, 0.25) is 0 Å². The normalized spacial score (nSPS) is 38.3. The van der Waals surface area contributed by atoms with E-state index in [-0.39, 0.29) is 6.10 Å². The molecule has 0 bridgehead atoms. The number of aliphatic hydroxyl groups is 1. The predicted molar refractivity (Wildman–Crippen MR) is 62.7 cm³/mol. The van der Waals surface area contributed by atoms with E-state index in [1.54, 1.807) is 0 Å². The predicted octanol–water partition coefficient (Wildman–Crippen LogP) is 2.24. The van der Waals surface area contributed by atoms with E-state index in [0.29, 0.717) is 12.0 Å². The van der Waals surface area contributed by atoms with Crippen molar-refractivity contribution in [2.75, 3.05) is 6.54 Å². The Balaban J connectivity index is 2.12. The Bertz CT molecular complexity index is 237. The molecule has 0 amide bonds. The fourth-order valence-electron chi connectivity index (χ4n) is 2.77. The second-order valence-electron chi connectivity index (χ2n) is 5.09. The van der Waals surface area contributed by atoms with Gasteiger partial charge in [-0.25, -0.2) is 0 Å². The fraction of sp³-hybridized carbons (Fsp3) is 0.846. The minimum absolute atomic E-state index is 0.191. The maximum Gasteiger partial charge on any atom is 0.0765 e. The van der Waals surface area contributed by atoms with Crippen molar-refractivity contribution >= 4 is 0 Å². The highest BCUT2D eigenvalue weighted by Gasteiger charge is 2.25. The van der Waals surface area contributed by atoms with Gasteiger partial charge < -0.3 is 10.4 Å². The molecular weight excluding hydrogens is 186 g/mol. The first-order valence-electron chi connectivity index (χ1n) is 6.40. The highest BCUT2D eigenvalue weighted by Crippen LogP contribution is 2.28. The van der Waals surface area contributed by atoms with Crippen molar-refractivity contribution in [1.82, 2.24) is 5.32 Å². The lowest BCUT2D eigenvalue weighted by Crippen LogP contribution is -2.38. The van der Waals surface area contributed by atoms with Gasteiger partial charge in [-0.05, 0) is 43.7 Å². The Morgan fingerprint density at radius 3 is 2.93 bits per heavy atom. The molecule has 1 aliphatic carbocycles. The number of aliphatic hydroxyl groups excluding tert-OH is 1. The Kier molecular flexibility index (Phi) is 3.81. The molecule has 2 unspecified atom stereocenters. The summed E-state index contributed by atoms with van der Waals surface area (Å²) in [6, 6.07) is 0.453. The number of fused-ring (bicyclic) bond motifs is 1. The summed E-state index contributed by atoms with van der Waals surface area (Å²) in [7, 11) is 0. The van der Waals surface area contributed by atoms with Crippen molar-refractivity contribution in [3.8, 4) is 0 Å². The van der Waals surface area contributed by atoms with Crippen molar-refractivity contribution in [3.63, 3.8) is 0 Å². The van der Waals surface area contributed by atoms with Gasteiger partial charge in [-0.3, -0.25) is 0 Å². The Morgan fingerprint density at radius 1 is 1.20 bits per heavy atom. The molecule has 3 atom stereocenters. The zero-order valence-corrected chi connectivity index (χ0v) is 9.71. The molecule has 0 aromatic heterocycles. The zero-order valence-electron chi connectivity index (χ0n) is 9.71. The van der Waals surface area contributed by atoms with Crippen LogP contribution in [0.4, 0.5) is 0 Å². The van der Waals surface area contributed by atoms with E-state index in [1.165, 1.54) is 37.7 Å². The van der Waals surface area contributed by atoms with Gasteiger partial charge in [0.05, 0.1) is 6.10 Å². The van der Waals surface area contributed by atoms with Crippen molar-refractivity contribution < 1.29 is 5.11 Å². The van der Waals surface area contributed by atoms with Crippen LogP contribution < -0.4 is 5.32 Å². The molecule has 1 fully saturated rings. The molecule has 0 radical (unpaired) electrons. The van der Waals surface area contributed by atoms with E-state index in [4.69, 9.17) is 0 Å². The van der Waals surface area contributed by atoms with Gasteiger partial charge in [-0.2, -0.15) is 0 Å². The van der Waals surface area contributed by atoms with Crippen molar-refractivity contribution in [1.29, 1.82) is 0 Å². The molecule has 2 N–H and O–H groups in total. The van der Waals surface area contributed by atoms with Gasteiger partial charge in [0.15, 0.2) is 0 Å². The van der Waals surface area contributed by atoms with Crippen molar-refractivity contribution in [2.24, 2.45) is 5.92 Å². The molecule has 0 aromatic carbocycles. The molecule has 1 saturated heterocycles. The first kappa shape index (κ1) is 11.2. The van der Waals surface area contributed by atoms with Gasteiger partial charge in [0.25, 0.3) is 0 Å². The van der Waals surface area contributed by atoms with E-state index in [9.17, 15) is 5.11 Å². The minimum atomic E-state index is -0.191. The molecule has 0 saturated carbocycles. The van der Waals surface area contributed by atoms with Crippen LogP contribution in [0.15, 0.2) is 11.6 Å². The van der Waals surface area contributed by atoms with Gasteiger partial charge in [-0.1, -0.05) is 25.8 Å². The molecule has 15 heavy (non-hydrogen) atoms. The first-order valence-corrected chi connectivity index (χ1v) is 6.40. The summed E-state index contributed by atoms with van der Waals surface area (Å²) in [6.45, 7) is 3.37. The SMILES string of the molecule is C[C@@H]1C=C2C(O)CCCCCNC2CC1. The van der Waals surface area contributed by atoms with Crippen LogP contribution in [0, 0.1) is 5.92 Å². The highest BCUT2D eigenvalue weighted by molar-refractivity contribution is 5.20. The van der Waals surface area contributed by atoms with E-state index in [1.807, 2.05) is 0 Å². The number of nitrogens with one attached hydrogen (secondary N) is 1. The Hall–Kier alpha value is -0.340. The lowest BCUT2D eigenvalue weighted by atomic mass is 9.84. The summed E-state index contributed by atoms with van der Waals surface area (Å²) in [5.74, 6) is 0.647. The molecule has 1 aliphatic heterocycles. The second-order valence-corrected chi connectivity index (χ2v) is 5.09. The van der Waals surface area contributed by atoms with Crippen LogP contribution in [0.3, 0.4) is 0 Å². The smallest absolute Gasteiger partial charge is 0.0765 e. The van der Waals surface area contributed by atoms with Crippen LogP contribution in [0.25, 0.3) is 0 Å². The second kappa shape index (κ2) is 5.13. The summed E-state index contributed by atoms with van der Waals surface area (Å²) in [6.07, 6.45) is 9.20. The maximum atomic E-state index is 10.1. The number of hydrogen-bond acceptors (Lipinski definition) is 2. The van der Waals surface area contributed by atoms with Gasteiger partial charge in [0.1, 0.15) is 0 Å². The molecule has 2 rings (SSSR count). The van der Waals surface area contributed by atoms with Gasteiger partial charge >= 0.3 is 0 Å². The quantitative estimate of drug-likeness (QED) is 0.600. The van der Waals surface area contributed by atoms with Gasteiger partial charge in [0, 0.05) is 6.04 Å². The first-order chi connectivity index (χ1) is 7.27. The molecule has 2 nitrogen and oxygen atoms in total. The summed E-state index contributed by atoms with van der Waals surface area (Å²) in [5.41, 5.74) is 1.27. The number of allylic oxidation sites excluding steroid dienone is 1. The average Bonchev–Trinajstić information content (AvgIpc) is 2.31. The molecule has 0 aromatic rings. The molecule has 0 spiro atoms. The standard InChI is InChI=1S/C13H23NO/c1-10-6-7-12-11(9-10)13(15)5-3-2-4-8-14-12/h9-10,12-15H,2-8H2,1H3/t10-,12?,13?/m0/s1. The summed E-state index contributed by atoms with van der Waals surface area (Å²) >= 11 is 0. The Labute approximate surface area is 92.8 Å². The van der Waals surface area contributed by atoms with Crippen LogP contribution in [-0.4, -0.2) is 23.8 Å². The zero-order chi connectivity index (χ0) is 10.7. The van der Waals surface area contributed by atoms with Crippen molar-refractivity contribution in [3.05, 3.63) is 11.6 Å². The Morgan fingerprint density at radius 2 is 2.07 bits per heavy atom. The number of rotatable bonds is 0. The average molecular weight is 209 g/mol. The maximum absolute atomic E-state index is 10.1. The van der Waals surface area contributed by atoms with Crippen LogP contribution in [-0.2, 0) is 0 Å². The lowest BCUT2D eigenvalue weighted by molar-refractivity contribution is 0.183. The lowest BCUT2D eigenvalue weighted by Gasteiger charge is -2.30. The number of hydrogen-bond donors (Lipinski definition) is 2. The topological polar surface area (TPSA) is 32.3 Å². The van der Waals surface area contributed by atoms with E-state index in [0.717, 1.165) is 13.0 Å². The monoisotopic (exact) mass is 209 g/mol. The third kappa shape index (κ3) is 2.82. The minimum Gasteiger partial charge on any atom is -0.389 e. The highest BCUT2D eigenvalue weighted by atomic mass is 16.3. The summed E-state index contributed by atoms with van der Waals surface area (Å²) in [5, 5.41) is 13.7. The molecule has 2 aliphatic rings. The largest absolute Gasteiger partial charge is 0.389 e. The molecule has 1 heterocycles. The van der Waals surface area contributed by atoms with E-state index in [2.05, 4.69) is 18.3 Å². The van der Waals surface area contributed by atoms with E-state index < -0.39 is 0 Å². The van der Waals surface area contributed by atoms with Gasteiger partial charge in [0.2, 0.25) is 0 Å². The van der Waals surface area contributed by atoms with Crippen LogP contribution in [0.5, 0.6) is 0 Å². The third-order valence-corrected chi connectivity index (χ3v) is 3.72. The summed E-state index contributed by atoms with van der Waals surface area (Å²) in [4.78, 5) is 0. The van der Waals surface area contributed by atoms with Crippen molar-refractivity contribution in [2.45, 2.75) is 57.6 Å². The fourth-order valence-corrected chi connectivity index (χ4v) is 2.77. The molecule has 86 valence electrons. The molecule has 2 heteroatoms. The van der Waals surface area contributed by atoms with E-state index >= 15 is 0 Å². The van der Waals surface area contributed by atoms with Crippen LogP contribution in [0.1, 0.15) is 45.4 Å². The third-order valence-electron chi connectivity index (χ3n) is 3.72. The van der Waals surface area contributed by atoms with Crippen LogP contribution >= 0.6 is 0 Å². The van der Waals surface area contributed by atoms with Gasteiger partial charge in [-0.15, -0.1) is 0 Å². The summed E-state index contributed by atoms with van der Waals surface area (Å²) < 4.78 is 0. The molecular formula is C13H23NO.